The first-order chi connectivity index (χ1) is 12.2. The predicted octanol–water partition coefficient (Wildman–Crippen LogP) is 5.41. The van der Waals surface area contributed by atoms with Gasteiger partial charge in [-0.3, -0.25) is 0 Å². The van der Waals surface area contributed by atoms with E-state index < -0.39 is 0 Å². The Bertz CT molecular complexity index is 659. The molecule has 0 saturated heterocycles. The van der Waals surface area contributed by atoms with Gasteiger partial charge in [-0.15, -0.1) is 0 Å². The van der Waals surface area contributed by atoms with Crippen molar-refractivity contribution >= 4 is 21.6 Å². The van der Waals surface area contributed by atoms with Crippen LogP contribution >= 0.6 is 15.9 Å². The fraction of sp³-hybridized carbons (Fsp3) is 0.381. The Morgan fingerprint density at radius 1 is 1.40 bits per heavy atom. The van der Waals surface area contributed by atoms with Crippen LogP contribution in [0.2, 0.25) is 0 Å². The molecule has 0 saturated carbocycles. The molecule has 3 nitrogen and oxygen atoms in total. The maximum Gasteiger partial charge on any atom is 0.101 e. The third-order valence-corrected chi connectivity index (χ3v) is 4.28. The van der Waals surface area contributed by atoms with E-state index in [0.29, 0.717) is 13.2 Å². The number of fused-ring (bicyclic) bond motifs is 1. The first-order valence-electron chi connectivity index (χ1n) is 8.68. The van der Waals surface area contributed by atoms with Crippen LogP contribution in [0, 0.1) is 11.3 Å². The van der Waals surface area contributed by atoms with E-state index in [9.17, 15) is 5.26 Å². The maximum atomic E-state index is 9.35. The number of nitrogens with zero attached hydrogens (tertiary/aromatic N) is 2. The van der Waals surface area contributed by atoms with Gasteiger partial charge in [0.05, 0.1) is 17.9 Å². The topological polar surface area (TPSA) is 36.3 Å². The van der Waals surface area contributed by atoms with E-state index in [1.54, 1.807) is 12.2 Å². The Morgan fingerprint density at radius 3 is 2.80 bits per heavy atom. The summed E-state index contributed by atoms with van der Waals surface area (Å²) in [6.07, 6.45) is 7.35. The van der Waals surface area contributed by atoms with Crippen molar-refractivity contribution in [3.05, 3.63) is 64.7 Å². The number of benzene rings is 1. The summed E-state index contributed by atoms with van der Waals surface area (Å²) >= 11 is 3.47. The van der Waals surface area contributed by atoms with Crippen LogP contribution in [0.1, 0.15) is 31.4 Å². The zero-order valence-corrected chi connectivity index (χ0v) is 16.8. The number of rotatable bonds is 8. The molecule has 0 unspecified atom stereocenters. The molecule has 0 aromatic heterocycles. The highest BCUT2D eigenvalue weighted by Gasteiger charge is 2.22. The third kappa shape index (κ3) is 6.19. The second-order valence-corrected chi connectivity index (χ2v) is 6.31. The number of ether oxygens (including phenoxy) is 1. The molecule has 0 spiro atoms. The van der Waals surface area contributed by atoms with Gasteiger partial charge in [0.15, 0.2) is 0 Å². The van der Waals surface area contributed by atoms with E-state index in [1.807, 2.05) is 26.0 Å². The molecule has 0 amide bonds. The van der Waals surface area contributed by atoms with Crippen LogP contribution in [0.25, 0.3) is 0 Å². The highest BCUT2D eigenvalue weighted by Crippen LogP contribution is 2.34. The van der Waals surface area contributed by atoms with Crippen molar-refractivity contribution in [2.45, 2.75) is 26.7 Å². The van der Waals surface area contributed by atoms with Gasteiger partial charge in [0.2, 0.25) is 0 Å². The van der Waals surface area contributed by atoms with Crippen LogP contribution < -0.4 is 4.90 Å². The van der Waals surface area contributed by atoms with Crippen molar-refractivity contribution in [2.24, 2.45) is 0 Å². The molecule has 1 aromatic carbocycles. The molecule has 2 rings (SSSR count). The second-order valence-electron chi connectivity index (χ2n) is 5.40. The van der Waals surface area contributed by atoms with Crippen molar-refractivity contribution in [1.82, 2.24) is 0 Å². The SMILES string of the molecule is C=C/C=C(\C=C)COCCCN1CCc2cc(Br)cc(C#N)c21.CC. The van der Waals surface area contributed by atoms with Crippen molar-refractivity contribution in [2.75, 3.05) is 31.2 Å². The lowest BCUT2D eigenvalue weighted by atomic mass is 10.1. The number of allylic oxidation sites excluding steroid dienone is 2. The van der Waals surface area contributed by atoms with Crippen LogP contribution in [-0.2, 0) is 11.2 Å². The highest BCUT2D eigenvalue weighted by molar-refractivity contribution is 9.10. The van der Waals surface area contributed by atoms with Gasteiger partial charge in [-0.1, -0.05) is 61.2 Å². The molecule has 1 aromatic rings. The predicted molar refractivity (Wildman–Crippen MR) is 110 cm³/mol. The summed E-state index contributed by atoms with van der Waals surface area (Å²) in [7, 11) is 0. The van der Waals surface area contributed by atoms with Gasteiger partial charge in [0.1, 0.15) is 6.07 Å². The second kappa shape index (κ2) is 11.7. The zero-order valence-electron chi connectivity index (χ0n) is 15.2. The number of nitriles is 1. The van der Waals surface area contributed by atoms with Crippen LogP contribution in [0.3, 0.4) is 0 Å². The Labute approximate surface area is 160 Å². The quantitative estimate of drug-likeness (QED) is 0.430. The van der Waals surface area contributed by atoms with Gasteiger partial charge < -0.3 is 9.64 Å². The molecule has 0 aliphatic carbocycles. The van der Waals surface area contributed by atoms with Crippen molar-refractivity contribution in [1.29, 1.82) is 5.26 Å². The van der Waals surface area contributed by atoms with Crippen LogP contribution in [0.4, 0.5) is 5.69 Å². The van der Waals surface area contributed by atoms with Crippen molar-refractivity contribution in [3.8, 4) is 6.07 Å². The molecule has 134 valence electrons. The Morgan fingerprint density at radius 2 is 2.16 bits per heavy atom. The summed E-state index contributed by atoms with van der Waals surface area (Å²) in [5.41, 5.74) is 4.12. The fourth-order valence-electron chi connectivity index (χ4n) is 2.77. The van der Waals surface area contributed by atoms with Crippen molar-refractivity contribution in [3.63, 3.8) is 0 Å². The van der Waals surface area contributed by atoms with Gasteiger partial charge in [0.25, 0.3) is 0 Å². The van der Waals surface area contributed by atoms with Gasteiger partial charge >= 0.3 is 0 Å². The highest BCUT2D eigenvalue weighted by atomic mass is 79.9. The molecule has 1 aliphatic rings. The van der Waals surface area contributed by atoms with Gasteiger partial charge in [-0.05, 0) is 36.1 Å². The molecule has 0 N–H and O–H groups in total. The molecular formula is C21H27BrN2O. The number of halogens is 1. The summed E-state index contributed by atoms with van der Waals surface area (Å²) in [6.45, 7) is 14.5. The average Bonchev–Trinajstić information content (AvgIpc) is 3.04. The largest absolute Gasteiger partial charge is 0.377 e. The van der Waals surface area contributed by atoms with E-state index in [1.165, 1.54) is 5.56 Å². The summed E-state index contributed by atoms with van der Waals surface area (Å²) in [5.74, 6) is 0. The molecule has 0 atom stereocenters. The van der Waals surface area contributed by atoms with E-state index in [-0.39, 0.29) is 0 Å². The van der Waals surface area contributed by atoms with E-state index in [2.05, 4.69) is 46.1 Å². The normalized spacial score (nSPS) is 12.7. The average molecular weight is 403 g/mol. The zero-order chi connectivity index (χ0) is 18.7. The minimum atomic E-state index is 0.558. The Hall–Kier alpha value is -1.83. The lowest BCUT2D eigenvalue weighted by molar-refractivity contribution is 0.156. The molecule has 0 bridgehead atoms. The first kappa shape index (κ1) is 21.2. The van der Waals surface area contributed by atoms with E-state index in [4.69, 9.17) is 4.74 Å². The number of anilines is 1. The van der Waals surface area contributed by atoms with Crippen molar-refractivity contribution < 1.29 is 4.74 Å². The number of hydrogen-bond acceptors (Lipinski definition) is 3. The molecule has 0 fully saturated rings. The third-order valence-electron chi connectivity index (χ3n) is 3.82. The molecule has 25 heavy (non-hydrogen) atoms. The smallest absolute Gasteiger partial charge is 0.101 e. The monoisotopic (exact) mass is 402 g/mol. The molecule has 0 radical (unpaired) electrons. The minimum absolute atomic E-state index is 0.558. The lowest BCUT2D eigenvalue weighted by Crippen LogP contribution is -2.23. The molecule has 1 heterocycles. The van der Waals surface area contributed by atoms with E-state index in [0.717, 1.165) is 47.2 Å². The fourth-order valence-corrected chi connectivity index (χ4v) is 3.27. The summed E-state index contributed by atoms with van der Waals surface area (Å²) < 4.78 is 6.65. The van der Waals surface area contributed by atoms with Crippen LogP contribution in [0.15, 0.2) is 53.6 Å². The molecular weight excluding hydrogens is 376 g/mol. The summed E-state index contributed by atoms with van der Waals surface area (Å²) in [4.78, 5) is 2.29. The summed E-state index contributed by atoms with van der Waals surface area (Å²) in [6, 6.07) is 6.31. The van der Waals surface area contributed by atoms with Gasteiger partial charge in [0, 0.05) is 24.2 Å². The maximum absolute atomic E-state index is 9.35. The lowest BCUT2D eigenvalue weighted by Gasteiger charge is -2.20. The Kier molecular flexibility index (Phi) is 9.91. The standard InChI is InChI=1S/C19H21BrN2O.C2H6/c1-3-6-15(4-2)14-23-10-5-8-22-9-7-16-11-18(20)12-17(13-21)19(16)22;1-2/h3-4,6,11-12H,1-2,5,7-10,14H2;1-2H3/b15-6+;. The van der Waals surface area contributed by atoms with Crippen LogP contribution in [0.5, 0.6) is 0 Å². The summed E-state index contributed by atoms with van der Waals surface area (Å²) in [5, 5.41) is 9.35. The first-order valence-corrected chi connectivity index (χ1v) is 9.48. The minimum Gasteiger partial charge on any atom is -0.377 e. The number of hydrogen-bond donors (Lipinski definition) is 0. The van der Waals surface area contributed by atoms with E-state index >= 15 is 0 Å². The van der Waals surface area contributed by atoms with Gasteiger partial charge in [-0.2, -0.15) is 5.26 Å². The van der Waals surface area contributed by atoms with Gasteiger partial charge in [-0.25, -0.2) is 0 Å². The van der Waals surface area contributed by atoms with Crippen LogP contribution in [-0.4, -0.2) is 26.3 Å². The molecule has 4 heteroatoms. The Balaban J connectivity index is 0.00000151. The molecule has 1 aliphatic heterocycles.